The molecule has 0 aliphatic rings. The number of nitrogens with zero attached hydrogens (tertiary/aromatic N) is 5. The van der Waals surface area contributed by atoms with Gasteiger partial charge in [0.05, 0.1) is 0 Å². The lowest BCUT2D eigenvalue weighted by molar-refractivity contribution is 1.27. The van der Waals surface area contributed by atoms with Gasteiger partial charge in [0.15, 0.2) is 0 Å². The van der Waals surface area contributed by atoms with Crippen LogP contribution >= 0.6 is 0 Å². The highest BCUT2D eigenvalue weighted by Crippen LogP contribution is 2.43. The third-order valence-corrected chi connectivity index (χ3v) is 24.9. The molecule has 0 fully saturated rings. The largest absolute Gasteiger partial charge is 0.311 e. The molecule has 0 aliphatic heterocycles. The van der Waals surface area contributed by atoms with Crippen molar-refractivity contribution >= 4 is 146 Å². The van der Waals surface area contributed by atoms with Crippen molar-refractivity contribution in [1.29, 1.82) is 0 Å². The third-order valence-electron chi connectivity index (χ3n) is 24.9. The Hall–Kier alpha value is -17.1. The van der Waals surface area contributed by atoms with Crippen LogP contribution in [0.4, 0.5) is 85.3 Å². The molecule has 0 aliphatic carbocycles. The van der Waals surface area contributed by atoms with Crippen molar-refractivity contribution in [3.63, 3.8) is 0 Å². The number of aryl methyl sites for hydroxylation is 10. The van der Waals surface area contributed by atoms with Crippen LogP contribution in [0.3, 0.4) is 0 Å². The Morgan fingerprint density at radius 3 is 0.424 bits per heavy atom. The van der Waals surface area contributed by atoms with Crippen LogP contribution < -0.4 is 24.5 Å². The van der Waals surface area contributed by atoms with E-state index in [4.69, 9.17) is 0 Å². The van der Waals surface area contributed by atoms with Gasteiger partial charge in [-0.3, -0.25) is 0 Å². The fourth-order valence-electron chi connectivity index (χ4n) is 16.9. The molecule has 678 valence electrons. The normalized spacial score (nSPS) is 11.1. The van der Waals surface area contributed by atoms with Crippen molar-refractivity contribution in [1.82, 2.24) is 0 Å². The van der Waals surface area contributed by atoms with Crippen LogP contribution in [0.2, 0.25) is 0 Å². The summed E-state index contributed by atoms with van der Waals surface area (Å²) in [7, 11) is 0. The Balaban J connectivity index is 0.000000147. The van der Waals surface area contributed by atoms with Crippen LogP contribution in [0.5, 0.6) is 0 Å². The summed E-state index contributed by atoms with van der Waals surface area (Å²) in [5.74, 6) is 0. The summed E-state index contributed by atoms with van der Waals surface area (Å²) in [6.07, 6.45) is 19.8. The minimum atomic E-state index is 1.13. The summed E-state index contributed by atoms with van der Waals surface area (Å²) in [5.41, 5.74) is 43.7. The molecule has 0 unspecified atom stereocenters. The monoisotopic (exact) mass is 1800 g/mol. The van der Waals surface area contributed by atoms with Crippen LogP contribution in [0.1, 0.15) is 117 Å². The first-order chi connectivity index (χ1) is 67.9. The molecule has 0 atom stereocenters. The standard InChI is InChI=1S/2C50H44N2.C34H29N/c1-37-5-25-45(26-6-37)51(46-27-7-38(2)8-28-46)49-33-21-43(22-34-49)19-17-41-13-15-42(16-14-41)18-20-44-23-35-50(36-24-44)52(47-29-9-39(3)10-30-47)48-31-11-40(4)12-32-48;1-37-9-25-45(26-10-37)51(46-27-11-38(2)12-28-46)49-33-19-41(20-34-49)17-23-43-7-5-6-8-44(43)24-18-42-21-35-50(36-22-42)52(47-29-13-39(3)14-30-47)48-31-15-40(4)16-32-48;1-26-13-19-31(20-14-26)35(32-21-15-27(2)16-22-32)33-23-17-28(18-24-33)25-34(29-9-5-3-6-10-29)30-11-7-4-8-12-30/h2*5-36H,1-4H3;3-25H,1-2H3/b19-17+,20-18+;23-17+,24-18+;. The zero-order valence-electron chi connectivity index (χ0n) is 81.0. The molecule has 0 N–H and O–H groups in total. The molecule has 0 saturated carbocycles. The number of rotatable bonds is 26. The maximum Gasteiger partial charge on any atom is 0.0462 e. The van der Waals surface area contributed by atoms with Gasteiger partial charge >= 0.3 is 0 Å². The van der Waals surface area contributed by atoms with E-state index in [1.165, 1.54) is 100 Å². The van der Waals surface area contributed by atoms with Gasteiger partial charge in [-0.1, -0.05) is 395 Å². The maximum atomic E-state index is 2.31. The second kappa shape index (κ2) is 45.3. The van der Waals surface area contributed by atoms with Crippen molar-refractivity contribution in [2.24, 2.45) is 0 Å². The fraction of sp³-hybridized carbons (Fsp3) is 0.0746. The average molecular weight is 1800 g/mol. The highest BCUT2D eigenvalue weighted by atomic mass is 15.2. The maximum absolute atomic E-state index is 2.31. The Kier molecular flexibility index (Phi) is 30.5. The van der Waals surface area contributed by atoms with E-state index in [1.807, 2.05) is 0 Å². The highest BCUT2D eigenvalue weighted by Gasteiger charge is 2.20. The first kappa shape index (κ1) is 93.7. The first-order valence-electron chi connectivity index (χ1n) is 47.9. The van der Waals surface area contributed by atoms with E-state index in [0.29, 0.717) is 0 Å². The molecule has 0 radical (unpaired) electrons. The molecule has 0 heterocycles. The van der Waals surface area contributed by atoms with E-state index in [0.717, 1.165) is 108 Å². The topological polar surface area (TPSA) is 16.2 Å². The quantitative estimate of drug-likeness (QED) is 0.0501. The molecule has 139 heavy (non-hydrogen) atoms. The van der Waals surface area contributed by atoms with Gasteiger partial charge in [-0.25, -0.2) is 0 Å². The van der Waals surface area contributed by atoms with E-state index in [-0.39, 0.29) is 0 Å². The minimum absolute atomic E-state index is 1.13. The predicted octanol–water partition coefficient (Wildman–Crippen LogP) is 37.8. The summed E-state index contributed by atoms with van der Waals surface area (Å²) in [6.45, 7) is 21.2. The van der Waals surface area contributed by atoms with Gasteiger partial charge in [0, 0.05) is 85.3 Å². The van der Waals surface area contributed by atoms with Gasteiger partial charge in [0.2, 0.25) is 0 Å². The molecule has 19 aromatic carbocycles. The van der Waals surface area contributed by atoms with E-state index in [1.54, 1.807) is 0 Å². The van der Waals surface area contributed by atoms with Crippen molar-refractivity contribution in [3.8, 4) is 0 Å². The summed E-state index contributed by atoms with van der Waals surface area (Å²) in [5, 5.41) is 0. The lowest BCUT2D eigenvalue weighted by atomic mass is 9.95. The molecule has 19 rings (SSSR count). The Morgan fingerprint density at radius 2 is 0.259 bits per heavy atom. The van der Waals surface area contributed by atoms with Gasteiger partial charge < -0.3 is 24.5 Å². The van der Waals surface area contributed by atoms with E-state index in [9.17, 15) is 0 Å². The summed E-state index contributed by atoms with van der Waals surface area (Å²) >= 11 is 0. The molecular weight excluding hydrogens is 1680 g/mol. The fourth-order valence-corrected chi connectivity index (χ4v) is 16.9. The van der Waals surface area contributed by atoms with Gasteiger partial charge in [-0.15, -0.1) is 0 Å². The summed E-state index contributed by atoms with van der Waals surface area (Å²) < 4.78 is 0. The molecule has 19 aromatic rings. The van der Waals surface area contributed by atoms with Crippen LogP contribution in [0, 0.1) is 69.2 Å². The molecule has 0 saturated heterocycles. The van der Waals surface area contributed by atoms with Crippen molar-refractivity contribution in [2.45, 2.75) is 69.2 Å². The van der Waals surface area contributed by atoms with Gasteiger partial charge in [0.25, 0.3) is 0 Å². The Bertz CT molecular complexity index is 6740. The van der Waals surface area contributed by atoms with E-state index < -0.39 is 0 Å². The molecular formula is C134H117N5. The summed E-state index contributed by atoms with van der Waals surface area (Å²) in [6, 6.07) is 169. The van der Waals surface area contributed by atoms with Gasteiger partial charge in [-0.2, -0.15) is 0 Å². The molecule has 0 amide bonds. The van der Waals surface area contributed by atoms with Crippen molar-refractivity contribution < 1.29 is 0 Å². The third kappa shape index (κ3) is 24.9. The SMILES string of the molecule is Cc1ccc(N(c2ccc(C)cc2)c2ccc(/C=C/c3ccc(/C=C/c4ccc(N(c5ccc(C)cc5)c5ccc(C)cc5)cc4)cc3)cc2)cc1.Cc1ccc(N(c2ccc(C)cc2)c2ccc(/C=C/c3ccccc3/C=C/c3ccc(N(c4ccc(C)cc4)c4ccc(C)cc4)cc3)cc2)cc1.Cc1ccc(N(c2ccc(C)cc2)c2ccc(C=C(c3ccccc3)c3ccccc3)cc2)cc1. The van der Waals surface area contributed by atoms with Crippen LogP contribution in [0.25, 0.3) is 60.3 Å². The Labute approximate surface area is 823 Å². The predicted molar refractivity (Wildman–Crippen MR) is 601 cm³/mol. The molecule has 5 nitrogen and oxygen atoms in total. The summed E-state index contributed by atoms with van der Waals surface area (Å²) in [4.78, 5) is 11.5. The number of anilines is 15. The van der Waals surface area contributed by atoms with Crippen molar-refractivity contribution in [2.75, 3.05) is 24.5 Å². The number of hydrogen-bond donors (Lipinski definition) is 0. The second-order valence-corrected chi connectivity index (χ2v) is 35.9. The van der Waals surface area contributed by atoms with Gasteiger partial charge in [0.1, 0.15) is 0 Å². The Morgan fingerprint density at radius 1 is 0.129 bits per heavy atom. The smallest absolute Gasteiger partial charge is 0.0462 e. The van der Waals surface area contributed by atoms with Crippen molar-refractivity contribution in [3.05, 3.63) is 590 Å². The zero-order chi connectivity index (χ0) is 95.8. The van der Waals surface area contributed by atoms with E-state index in [2.05, 4.69) is 622 Å². The number of benzene rings is 19. The second-order valence-electron chi connectivity index (χ2n) is 35.9. The van der Waals surface area contributed by atoms with Crippen LogP contribution in [-0.2, 0) is 0 Å². The molecule has 0 bridgehead atoms. The molecule has 0 spiro atoms. The molecule has 0 aromatic heterocycles. The highest BCUT2D eigenvalue weighted by molar-refractivity contribution is 5.93. The van der Waals surface area contributed by atoms with Crippen LogP contribution in [0.15, 0.2) is 473 Å². The van der Waals surface area contributed by atoms with Gasteiger partial charge in [-0.05, 0) is 324 Å². The van der Waals surface area contributed by atoms with Crippen LogP contribution in [-0.4, -0.2) is 0 Å². The zero-order valence-corrected chi connectivity index (χ0v) is 81.0. The lowest BCUT2D eigenvalue weighted by Gasteiger charge is -2.26. The lowest BCUT2D eigenvalue weighted by Crippen LogP contribution is -2.09. The van der Waals surface area contributed by atoms with E-state index >= 15 is 0 Å². The first-order valence-corrected chi connectivity index (χ1v) is 47.9. The number of hydrogen-bond acceptors (Lipinski definition) is 5. The molecule has 5 heteroatoms. The average Bonchev–Trinajstić information content (AvgIpc) is 0.816. The minimum Gasteiger partial charge on any atom is -0.311 e.